The predicted molar refractivity (Wildman–Crippen MR) is 99.9 cm³/mol. The number of fused-ring (bicyclic) bond motifs is 1. The zero-order valence-electron chi connectivity index (χ0n) is 14.6. The number of carbonyl (C=O) groups excluding carboxylic acids is 1. The van der Waals surface area contributed by atoms with Gasteiger partial charge in [0.25, 0.3) is 5.91 Å². The van der Waals surface area contributed by atoms with Gasteiger partial charge in [0.05, 0.1) is 24.6 Å². The van der Waals surface area contributed by atoms with Gasteiger partial charge in [-0.3, -0.25) is 9.48 Å². The largest absolute Gasteiger partial charge is 0.496 e. The van der Waals surface area contributed by atoms with E-state index in [0.29, 0.717) is 17.8 Å². The van der Waals surface area contributed by atoms with E-state index in [4.69, 9.17) is 4.74 Å². The molecule has 1 amide bonds. The molecule has 6 nitrogen and oxygen atoms in total. The van der Waals surface area contributed by atoms with E-state index in [1.165, 1.54) is 6.20 Å². The third-order valence-electron chi connectivity index (χ3n) is 4.36. The molecule has 1 aromatic heterocycles. The fraction of sp³-hybridized carbons (Fsp3) is 0.150. The Kier molecular flexibility index (Phi) is 4.01. The minimum Gasteiger partial charge on any atom is -0.496 e. The van der Waals surface area contributed by atoms with Crippen LogP contribution in [0.5, 0.6) is 5.75 Å². The first-order valence-electron chi connectivity index (χ1n) is 8.28. The number of aryl methyl sites for hydroxylation is 1. The number of aliphatic imine (C=N–C) groups is 1. The van der Waals surface area contributed by atoms with Crippen molar-refractivity contribution in [3.8, 4) is 16.9 Å². The van der Waals surface area contributed by atoms with Gasteiger partial charge in [0, 0.05) is 30.8 Å². The van der Waals surface area contributed by atoms with E-state index in [9.17, 15) is 4.79 Å². The lowest BCUT2D eigenvalue weighted by molar-refractivity contribution is 0.0976. The number of hydrogen-bond acceptors (Lipinski definition) is 4. The van der Waals surface area contributed by atoms with Gasteiger partial charge >= 0.3 is 0 Å². The number of methoxy groups -OCH3 is 1. The van der Waals surface area contributed by atoms with Crippen LogP contribution in [0.25, 0.3) is 11.1 Å². The summed E-state index contributed by atoms with van der Waals surface area (Å²) in [5.74, 6) is 1.16. The Morgan fingerprint density at radius 3 is 2.69 bits per heavy atom. The number of rotatable bonds is 3. The van der Waals surface area contributed by atoms with E-state index in [2.05, 4.69) is 15.4 Å². The number of ether oxygens (including phenoxy) is 1. The van der Waals surface area contributed by atoms with Crippen LogP contribution in [-0.2, 0) is 13.5 Å². The van der Waals surface area contributed by atoms with Crippen LogP contribution in [0.3, 0.4) is 0 Å². The number of amides is 1. The van der Waals surface area contributed by atoms with Crippen molar-refractivity contribution >= 4 is 17.4 Å². The van der Waals surface area contributed by atoms with E-state index in [1.54, 1.807) is 25.0 Å². The number of nitrogens with zero attached hydrogens (tertiary/aromatic N) is 3. The van der Waals surface area contributed by atoms with Gasteiger partial charge in [-0.15, -0.1) is 0 Å². The van der Waals surface area contributed by atoms with Crippen LogP contribution < -0.4 is 10.1 Å². The lowest BCUT2D eigenvalue weighted by Gasteiger charge is -2.10. The second-order valence-electron chi connectivity index (χ2n) is 6.10. The highest BCUT2D eigenvalue weighted by Crippen LogP contribution is 2.41. The molecule has 0 bridgehead atoms. The first-order chi connectivity index (χ1) is 12.7. The Labute approximate surface area is 151 Å². The molecule has 1 N–H and O–H groups in total. The molecule has 2 heterocycles. The molecule has 3 aromatic rings. The van der Waals surface area contributed by atoms with Crippen molar-refractivity contribution in [2.45, 2.75) is 6.42 Å². The summed E-state index contributed by atoms with van der Waals surface area (Å²) in [7, 11) is 3.42. The standard InChI is InChI=1S/C20H18N4O2/c1-24-12-14(11-21-24)20(25)23-18-10-16-17(26-2)9-8-15(19(16)22-18)13-6-4-3-5-7-13/h3-9,11-12H,10H2,1-2H3,(H,22,23,25). The highest BCUT2D eigenvalue weighted by molar-refractivity contribution is 6.10. The van der Waals surface area contributed by atoms with Gasteiger partial charge in [-0.05, 0) is 17.7 Å². The summed E-state index contributed by atoms with van der Waals surface area (Å²) >= 11 is 0. The third-order valence-corrected chi connectivity index (χ3v) is 4.36. The van der Waals surface area contributed by atoms with E-state index in [0.717, 1.165) is 28.1 Å². The molecule has 0 aliphatic carbocycles. The summed E-state index contributed by atoms with van der Waals surface area (Å²) in [4.78, 5) is 17.1. The monoisotopic (exact) mass is 346 g/mol. The Morgan fingerprint density at radius 1 is 1.19 bits per heavy atom. The molecule has 6 heteroatoms. The number of amidine groups is 1. The van der Waals surface area contributed by atoms with Crippen LogP contribution in [0.2, 0.25) is 0 Å². The first kappa shape index (κ1) is 16.1. The summed E-state index contributed by atoms with van der Waals surface area (Å²) in [6.07, 6.45) is 3.73. The summed E-state index contributed by atoms with van der Waals surface area (Å²) in [5, 5.41) is 6.92. The van der Waals surface area contributed by atoms with Gasteiger partial charge in [-0.1, -0.05) is 30.3 Å². The van der Waals surface area contributed by atoms with Crippen molar-refractivity contribution in [2.75, 3.05) is 7.11 Å². The Morgan fingerprint density at radius 2 is 2.00 bits per heavy atom. The quantitative estimate of drug-likeness (QED) is 0.792. The van der Waals surface area contributed by atoms with Crippen LogP contribution >= 0.6 is 0 Å². The highest BCUT2D eigenvalue weighted by atomic mass is 16.5. The number of aromatic nitrogens is 2. The van der Waals surface area contributed by atoms with Crippen LogP contribution in [0.15, 0.2) is 59.9 Å². The van der Waals surface area contributed by atoms with Crippen molar-refractivity contribution in [1.82, 2.24) is 15.1 Å². The number of benzene rings is 2. The number of nitrogens with one attached hydrogen (secondary N) is 1. The van der Waals surface area contributed by atoms with Gasteiger partial charge in [-0.2, -0.15) is 5.10 Å². The molecular formula is C20H18N4O2. The molecule has 4 rings (SSSR count). The summed E-state index contributed by atoms with van der Waals surface area (Å²) in [5.41, 5.74) is 4.43. The van der Waals surface area contributed by atoms with E-state index >= 15 is 0 Å². The average Bonchev–Trinajstić information content (AvgIpc) is 3.27. The number of carbonyl (C=O) groups is 1. The molecule has 0 unspecified atom stereocenters. The van der Waals surface area contributed by atoms with Crippen LogP contribution in [-0.4, -0.2) is 28.6 Å². The second kappa shape index (κ2) is 6.48. The van der Waals surface area contributed by atoms with E-state index < -0.39 is 0 Å². The molecule has 130 valence electrons. The van der Waals surface area contributed by atoms with Gasteiger partial charge in [0.1, 0.15) is 11.6 Å². The maximum atomic E-state index is 12.4. The number of hydrogen-bond donors (Lipinski definition) is 1. The zero-order chi connectivity index (χ0) is 18.1. The highest BCUT2D eigenvalue weighted by Gasteiger charge is 2.24. The smallest absolute Gasteiger partial charge is 0.259 e. The van der Waals surface area contributed by atoms with E-state index in [-0.39, 0.29) is 5.91 Å². The molecule has 0 atom stereocenters. The van der Waals surface area contributed by atoms with Crippen LogP contribution in [0.4, 0.5) is 5.69 Å². The van der Waals surface area contributed by atoms with Crippen LogP contribution in [0, 0.1) is 0 Å². The molecular weight excluding hydrogens is 328 g/mol. The van der Waals surface area contributed by atoms with Gasteiger partial charge in [0.2, 0.25) is 0 Å². The Hall–Kier alpha value is -3.41. The minimum atomic E-state index is -0.218. The van der Waals surface area contributed by atoms with Crippen molar-refractivity contribution < 1.29 is 9.53 Å². The normalized spacial score (nSPS) is 12.5. The summed E-state index contributed by atoms with van der Waals surface area (Å²) in [6.45, 7) is 0. The SMILES string of the molecule is COc1ccc(-c2ccccc2)c2c1CC(NC(=O)c1cnn(C)c1)=N2. The van der Waals surface area contributed by atoms with Crippen molar-refractivity contribution in [3.63, 3.8) is 0 Å². The molecule has 0 spiro atoms. The van der Waals surface area contributed by atoms with Crippen LogP contribution in [0.1, 0.15) is 15.9 Å². The first-order valence-corrected chi connectivity index (χ1v) is 8.28. The molecule has 26 heavy (non-hydrogen) atoms. The van der Waals surface area contributed by atoms with Gasteiger partial charge in [0.15, 0.2) is 0 Å². The molecule has 0 saturated carbocycles. The molecule has 0 saturated heterocycles. The van der Waals surface area contributed by atoms with E-state index in [1.807, 2.05) is 42.5 Å². The summed E-state index contributed by atoms with van der Waals surface area (Å²) in [6, 6.07) is 14.0. The minimum absolute atomic E-state index is 0.218. The van der Waals surface area contributed by atoms with Crippen molar-refractivity contribution in [1.29, 1.82) is 0 Å². The topological polar surface area (TPSA) is 68.5 Å². The van der Waals surface area contributed by atoms with Crippen molar-refractivity contribution in [2.24, 2.45) is 12.0 Å². The Bertz CT molecular complexity index is 1010. The molecule has 1 aliphatic rings. The van der Waals surface area contributed by atoms with Crippen molar-refractivity contribution in [3.05, 3.63) is 66.0 Å². The molecule has 0 radical (unpaired) electrons. The molecule has 1 aliphatic heterocycles. The lowest BCUT2D eigenvalue weighted by Crippen LogP contribution is -2.30. The third kappa shape index (κ3) is 2.86. The fourth-order valence-corrected chi connectivity index (χ4v) is 3.11. The lowest BCUT2D eigenvalue weighted by atomic mass is 9.99. The average molecular weight is 346 g/mol. The van der Waals surface area contributed by atoms with Gasteiger partial charge in [-0.25, -0.2) is 4.99 Å². The summed E-state index contributed by atoms with van der Waals surface area (Å²) < 4.78 is 7.08. The zero-order valence-corrected chi connectivity index (χ0v) is 14.6. The maximum absolute atomic E-state index is 12.4. The molecule has 2 aromatic carbocycles. The maximum Gasteiger partial charge on any atom is 0.259 e. The predicted octanol–water partition coefficient (Wildman–Crippen LogP) is 3.11. The second-order valence-corrected chi connectivity index (χ2v) is 6.10. The Balaban J connectivity index is 1.68. The molecule has 0 fully saturated rings. The van der Waals surface area contributed by atoms with Gasteiger partial charge < -0.3 is 10.1 Å². The fourth-order valence-electron chi connectivity index (χ4n) is 3.11.